The zero-order valence-electron chi connectivity index (χ0n) is 25.4. The lowest BCUT2D eigenvalue weighted by Gasteiger charge is -2.44. The van der Waals surface area contributed by atoms with Crippen LogP contribution < -0.4 is 10.4 Å². The number of ether oxygens (including phenoxy) is 2. The van der Waals surface area contributed by atoms with Crippen LogP contribution >= 0.6 is 0 Å². The van der Waals surface area contributed by atoms with E-state index in [0.29, 0.717) is 6.61 Å². The van der Waals surface area contributed by atoms with E-state index in [9.17, 15) is 10.2 Å². The second-order valence-electron chi connectivity index (χ2n) is 11.8. The highest BCUT2D eigenvalue weighted by Crippen LogP contribution is 2.37. The summed E-state index contributed by atoms with van der Waals surface area (Å²) < 4.78 is 19.4. The van der Waals surface area contributed by atoms with Crippen molar-refractivity contribution in [2.45, 2.75) is 63.4 Å². The first-order chi connectivity index (χ1) is 20.8. The van der Waals surface area contributed by atoms with Gasteiger partial charge in [-0.05, 0) is 26.5 Å². The summed E-state index contributed by atoms with van der Waals surface area (Å²) in [6, 6.07) is 40.0. The second kappa shape index (κ2) is 15.4. The number of benzene rings is 4. The number of aliphatic hydroxyl groups excluding tert-OH is 2. The Morgan fingerprint density at radius 1 is 0.674 bits per heavy atom. The van der Waals surface area contributed by atoms with Gasteiger partial charge in [-0.15, -0.1) is 6.58 Å². The van der Waals surface area contributed by atoms with Crippen LogP contribution in [0.1, 0.15) is 31.9 Å². The molecule has 0 amide bonds. The number of hydrogen-bond donors (Lipinski definition) is 2. The molecule has 4 aromatic rings. The van der Waals surface area contributed by atoms with Crippen LogP contribution in [0.25, 0.3) is 0 Å². The van der Waals surface area contributed by atoms with Crippen molar-refractivity contribution in [1.82, 2.24) is 0 Å². The summed E-state index contributed by atoms with van der Waals surface area (Å²) in [5.41, 5.74) is 1.94. The molecule has 0 saturated heterocycles. The molecule has 0 aromatic heterocycles. The molecule has 43 heavy (non-hydrogen) atoms. The van der Waals surface area contributed by atoms with Crippen LogP contribution in [0.4, 0.5) is 0 Å². The van der Waals surface area contributed by atoms with Gasteiger partial charge in [0.1, 0.15) is 24.4 Å². The predicted octanol–water partition coefficient (Wildman–Crippen LogP) is 5.64. The minimum absolute atomic E-state index is 0.0812. The maximum absolute atomic E-state index is 11.6. The normalized spacial score (nSPS) is 14.9. The van der Waals surface area contributed by atoms with E-state index in [1.807, 2.05) is 97.1 Å². The third-order valence-electron chi connectivity index (χ3n) is 7.74. The largest absolute Gasteiger partial charge is 0.405 e. The van der Waals surface area contributed by atoms with Crippen LogP contribution in [0.15, 0.2) is 134 Å². The van der Waals surface area contributed by atoms with Crippen LogP contribution in [0.5, 0.6) is 0 Å². The lowest BCUT2D eigenvalue weighted by Crippen LogP contribution is -2.67. The summed E-state index contributed by atoms with van der Waals surface area (Å²) in [7, 11) is -2.92. The van der Waals surface area contributed by atoms with Gasteiger partial charge in [0.2, 0.25) is 0 Å². The fourth-order valence-electron chi connectivity index (χ4n) is 5.51. The van der Waals surface area contributed by atoms with Gasteiger partial charge in [0, 0.05) is 0 Å². The average Bonchev–Trinajstić information content (AvgIpc) is 3.04. The van der Waals surface area contributed by atoms with Crippen molar-refractivity contribution in [2.75, 3.05) is 6.61 Å². The Morgan fingerprint density at radius 3 is 1.51 bits per heavy atom. The van der Waals surface area contributed by atoms with Gasteiger partial charge in [-0.25, -0.2) is 0 Å². The first-order valence-electron chi connectivity index (χ1n) is 14.8. The third kappa shape index (κ3) is 8.18. The minimum Gasteiger partial charge on any atom is -0.405 e. The van der Waals surface area contributed by atoms with Crippen LogP contribution in [0, 0.1) is 0 Å². The topological polar surface area (TPSA) is 68.2 Å². The SMILES string of the molecule is C=C[C@H](OCc1ccccc1)[C@@H](OCc1ccccc1)[C@@H](O)[C@H](O)CO[Si](c1ccccc1)(c1ccccc1)C(C)(C)C. The van der Waals surface area contributed by atoms with Crippen molar-refractivity contribution in [3.05, 3.63) is 145 Å². The zero-order chi connectivity index (χ0) is 30.7. The summed E-state index contributed by atoms with van der Waals surface area (Å²) in [6.07, 6.45) is -2.50. The molecule has 0 aliphatic rings. The first kappa shape index (κ1) is 32.5. The van der Waals surface area contributed by atoms with E-state index in [0.717, 1.165) is 21.5 Å². The van der Waals surface area contributed by atoms with Gasteiger partial charge in [0.25, 0.3) is 8.32 Å². The van der Waals surface area contributed by atoms with Crippen LogP contribution in [0.3, 0.4) is 0 Å². The molecule has 4 aromatic carbocycles. The fourth-order valence-corrected chi connectivity index (χ4v) is 10.1. The average molecular weight is 597 g/mol. The Balaban J connectivity index is 1.59. The van der Waals surface area contributed by atoms with Crippen molar-refractivity contribution in [3.63, 3.8) is 0 Å². The summed E-state index contributed by atoms with van der Waals surface area (Å²) >= 11 is 0. The lowest BCUT2D eigenvalue weighted by molar-refractivity contribution is -0.149. The van der Waals surface area contributed by atoms with Crippen LogP contribution in [-0.4, -0.2) is 49.6 Å². The van der Waals surface area contributed by atoms with Crippen molar-refractivity contribution in [2.24, 2.45) is 0 Å². The molecular formula is C37H44O5Si. The second-order valence-corrected chi connectivity index (χ2v) is 16.1. The van der Waals surface area contributed by atoms with Crippen molar-refractivity contribution in [3.8, 4) is 0 Å². The molecule has 4 rings (SSSR count). The van der Waals surface area contributed by atoms with Crippen molar-refractivity contribution >= 4 is 18.7 Å². The molecule has 0 saturated carbocycles. The minimum atomic E-state index is -2.92. The quantitative estimate of drug-likeness (QED) is 0.137. The van der Waals surface area contributed by atoms with E-state index in [4.69, 9.17) is 13.9 Å². The standard InChI is InChI=1S/C37H44O5Si/c1-5-34(40-26-29-18-10-6-11-19-29)36(41-27-30-20-12-7-13-21-30)35(39)33(38)28-42-43(37(2,3)4,31-22-14-8-15-23-31)32-24-16-9-17-25-32/h5-25,33-36,38-39H,1,26-28H2,2-4H3/t33-,34+,35+,36-/m1/s1. The molecule has 0 aliphatic heterocycles. The van der Waals surface area contributed by atoms with Gasteiger partial charge in [-0.3, -0.25) is 0 Å². The summed E-state index contributed by atoms with van der Waals surface area (Å²) in [5.74, 6) is 0. The smallest absolute Gasteiger partial charge is 0.261 e. The lowest BCUT2D eigenvalue weighted by atomic mass is 10.0. The highest BCUT2D eigenvalue weighted by Gasteiger charge is 2.50. The monoisotopic (exact) mass is 596 g/mol. The molecule has 0 heterocycles. The molecule has 0 radical (unpaired) electrons. The van der Waals surface area contributed by atoms with E-state index in [-0.39, 0.29) is 18.3 Å². The Hall–Kier alpha value is -3.36. The molecule has 0 unspecified atom stereocenters. The summed E-state index contributed by atoms with van der Waals surface area (Å²) in [6.45, 7) is 11.0. The Labute approximate surface area is 257 Å². The van der Waals surface area contributed by atoms with Gasteiger partial charge < -0.3 is 24.1 Å². The molecule has 0 aliphatic carbocycles. The van der Waals surface area contributed by atoms with Crippen LogP contribution in [0.2, 0.25) is 5.04 Å². The van der Waals surface area contributed by atoms with E-state index in [1.165, 1.54) is 0 Å². The van der Waals surface area contributed by atoms with E-state index >= 15 is 0 Å². The fraction of sp³-hybridized carbons (Fsp3) is 0.297. The molecule has 6 heteroatoms. The molecule has 0 fully saturated rings. The van der Waals surface area contributed by atoms with E-state index in [2.05, 4.69) is 51.6 Å². The molecule has 4 atom stereocenters. The van der Waals surface area contributed by atoms with Gasteiger partial charge in [0.05, 0.1) is 19.8 Å². The Kier molecular flexibility index (Phi) is 11.6. The molecule has 5 nitrogen and oxygen atoms in total. The van der Waals surface area contributed by atoms with E-state index < -0.39 is 32.7 Å². The highest BCUT2D eigenvalue weighted by molar-refractivity contribution is 6.99. The molecule has 0 bridgehead atoms. The maximum Gasteiger partial charge on any atom is 0.261 e. The number of hydrogen-bond acceptors (Lipinski definition) is 5. The number of rotatable bonds is 15. The molecule has 226 valence electrons. The van der Waals surface area contributed by atoms with Crippen LogP contribution in [-0.2, 0) is 27.1 Å². The Morgan fingerprint density at radius 2 is 1.09 bits per heavy atom. The van der Waals surface area contributed by atoms with Gasteiger partial charge in [-0.1, -0.05) is 148 Å². The third-order valence-corrected chi connectivity index (χ3v) is 12.7. The Bertz CT molecular complexity index is 1320. The molecular weight excluding hydrogens is 552 g/mol. The van der Waals surface area contributed by atoms with Gasteiger partial charge in [0.15, 0.2) is 0 Å². The first-order valence-corrected chi connectivity index (χ1v) is 16.7. The maximum atomic E-state index is 11.6. The van der Waals surface area contributed by atoms with E-state index in [1.54, 1.807) is 6.08 Å². The van der Waals surface area contributed by atoms with Crippen molar-refractivity contribution < 1.29 is 24.1 Å². The highest BCUT2D eigenvalue weighted by atomic mass is 28.4. The summed E-state index contributed by atoms with van der Waals surface area (Å²) in [5, 5.41) is 25.1. The van der Waals surface area contributed by atoms with Crippen molar-refractivity contribution in [1.29, 1.82) is 0 Å². The van der Waals surface area contributed by atoms with Gasteiger partial charge >= 0.3 is 0 Å². The predicted molar refractivity (Wildman–Crippen MR) is 176 cm³/mol. The summed E-state index contributed by atoms with van der Waals surface area (Å²) in [4.78, 5) is 0. The number of aliphatic hydroxyl groups is 2. The molecule has 2 N–H and O–H groups in total. The zero-order valence-corrected chi connectivity index (χ0v) is 26.4. The molecule has 0 spiro atoms. The van der Waals surface area contributed by atoms with Gasteiger partial charge in [-0.2, -0.15) is 0 Å².